The van der Waals surface area contributed by atoms with E-state index in [0.29, 0.717) is 17.1 Å². The maximum absolute atomic E-state index is 10.5. The van der Waals surface area contributed by atoms with Crippen LogP contribution in [-0.4, -0.2) is 43.9 Å². The predicted octanol–water partition coefficient (Wildman–Crippen LogP) is 4.34. The summed E-state index contributed by atoms with van der Waals surface area (Å²) in [7, 11) is 0. The van der Waals surface area contributed by atoms with Gasteiger partial charge >= 0.3 is 0 Å². The molecule has 0 atom stereocenters. The fourth-order valence-corrected chi connectivity index (χ4v) is 4.83. The molecule has 4 rings (SSSR count). The highest BCUT2D eigenvalue weighted by Gasteiger charge is 2.38. The fourth-order valence-electron chi connectivity index (χ4n) is 4.83. The smallest absolute Gasteiger partial charge is 0.233 e. The second-order valence-corrected chi connectivity index (χ2v) is 9.74. The summed E-state index contributed by atoms with van der Waals surface area (Å²) in [5.74, 6) is 0.739. The number of hydrogen-bond donors (Lipinski definition) is 2. The highest BCUT2D eigenvalue weighted by atomic mass is 16.5. The van der Waals surface area contributed by atoms with Gasteiger partial charge in [0.25, 0.3) is 0 Å². The lowest BCUT2D eigenvalue weighted by Crippen LogP contribution is -2.60. The SMILES string of the molecule is CCN1C=Cc2cc(O)c(-c3ccc(OC4CC(C)(C)NC(C)(C)C4)nn3)cc2C1. The van der Waals surface area contributed by atoms with Crippen LogP contribution in [0.1, 0.15) is 58.6 Å². The summed E-state index contributed by atoms with van der Waals surface area (Å²) >= 11 is 0. The number of hydrogen-bond acceptors (Lipinski definition) is 6. The minimum absolute atomic E-state index is 0.00945. The minimum Gasteiger partial charge on any atom is -0.507 e. The van der Waals surface area contributed by atoms with Crippen LogP contribution in [0.2, 0.25) is 0 Å². The van der Waals surface area contributed by atoms with E-state index < -0.39 is 0 Å². The van der Waals surface area contributed by atoms with Crippen molar-refractivity contribution in [3.05, 3.63) is 41.6 Å². The molecule has 0 aliphatic carbocycles. The summed E-state index contributed by atoms with van der Waals surface area (Å²) in [5, 5.41) is 22.9. The molecular formula is C24H32N4O2. The molecule has 0 spiro atoms. The van der Waals surface area contributed by atoms with E-state index in [4.69, 9.17) is 4.74 Å². The molecule has 160 valence electrons. The van der Waals surface area contributed by atoms with E-state index in [1.54, 1.807) is 6.07 Å². The molecule has 0 amide bonds. The molecule has 0 saturated carbocycles. The van der Waals surface area contributed by atoms with Crippen molar-refractivity contribution in [3.63, 3.8) is 0 Å². The number of nitrogens with zero attached hydrogens (tertiary/aromatic N) is 3. The number of phenols is 1. The first kappa shape index (κ1) is 20.7. The lowest BCUT2D eigenvalue weighted by atomic mass is 9.81. The van der Waals surface area contributed by atoms with Gasteiger partial charge < -0.3 is 20.1 Å². The average molecular weight is 409 g/mol. The van der Waals surface area contributed by atoms with Crippen LogP contribution in [-0.2, 0) is 6.54 Å². The van der Waals surface area contributed by atoms with E-state index in [1.807, 2.05) is 24.3 Å². The van der Waals surface area contributed by atoms with Crippen molar-refractivity contribution in [1.29, 1.82) is 0 Å². The van der Waals surface area contributed by atoms with Crippen molar-refractivity contribution in [2.24, 2.45) is 0 Å². The molecule has 1 saturated heterocycles. The average Bonchev–Trinajstić information content (AvgIpc) is 2.65. The zero-order valence-electron chi connectivity index (χ0n) is 18.6. The Morgan fingerprint density at radius 1 is 1.13 bits per heavy atom. The van der Waals surface area contributed by atoms with E-state index in [1.165, 1.54) is 5.56 Å². The highest BCUT2D eigenvalue weighted by molar-refractivity contribution is 5.72. The molecule has 2 N–H and O–H groups in total. The van der Waals surface area contributed by atoms with Gasteiger partial charge in [-0.05, 0) is 76.2 Å². The van der Waals surface area contributed by atoms with Gasteiger partial charge in [0.1, 0.15) is 11.9 Å². The topological polar surface area (TPSA) is 70.5 Å². The first-order chi connectivity index (χ1) is 14.1. The summed E-state index contributed by atoms with van der Waals surface area (Å²) in [5.41, 5.74) is 3.58. The van der Waals surface area contributed by atoms with Gasteiger partial charge in [0, 0.05) is 48.6 Å². The maximum Gasteiger partial charge on any atom is 0.233 e. The van der Waals surface area contributed by atoms with Gasteiger partial charge in [-0.1, -0.05) is 0 Å². The molecule has 0 bridgehead atoms. The molecule has 1 aromatic carbocycles. The quantitative estimate of drug-likeness (QED) is 0.784. The van der Waals surface area contributed by atoms with E-state index in [0.717, 1.165) is 31.5 Å². The second kappa shape index (κ2) is 7.58. The normalized spacial score (nSPS) is 20.1. The summed E-state index contributed by atoms with van der Waals surface area (Å²) in [6.07, 6.45) is 6.01. The van der Waals surface area contributed by atoms with Crippen molar-refractivity contribution < 1.29 is 9.84 Å². The predicted molar refractivity (Wildman–Crippen MR) is 119 cm³/mol. The summed E-state index contributed by atoms with van der Waals surface area (Å²) in [4.78, 5) is 2.23. The minimum atomic E-state index is 0.00945. The third-order valence-electron chi connectivity index (χ3n) is 5.86. The number of benzene rings is 1. The van der Waals surface area contributed by atoms with Gasteiger partial charge in [0.2, 0.25) is 5.88 Å². The summed E-state index contributed by atoms with van der Waals surface area (Å²) < 4.78 is 6.17. The lowest BCUT2D eigenvalue weighted by Gasteiger charge is -2.46. The number of phenolic OH excluding ortho intramolecular Hbond substituents is 1. The van der Waals surface area contributed by atoms with Crippen LogP contribution in [0.3, 0.4) is 0 Å². The lowest BCUT2D eigenvalue weighted by molar-refractivity contribution is 0.0524. The van der Waals surface area contributed by atoms with Gasteiger partial charge in [-0.2, -0.15) is 0 Å². The standard InChI is InChI=1S/C24H32N4O2/c1-6-28-10-9-16-12-21(29)19(11-17(16)15-28)20-7-8-22(26-25-20)30-18-13-23(2,3)27-24(4,5)14-18/h7-12,18,27,29H,6,13-15H2,1-5H3. The Hall–Kier alpha value is -2.60. The molecule has 2 aromatic rings. The Balaban J connectivity index is 1.52. The van der Waals surface area contributed by atoms with Crippen LogP contribution >= 0.6 is 0 Å². The summed E-state index contributed by atoms with van der Waals surface area (Å²) in [6.45, 7) is 12.7. The number of nitrogens with one attached hydrogen (secondary N) is 1. The number of rotatable bonds is 4. The Labute approximate surface area is 179 Å². The second-order valence-electron chi connectivity index (χ2n) is 9.74. The maximum atomic E-state index is 10.5. The number of fused-ring (bicyclic) bond motifs is 1. The monoisotopic (exact) mass is 408 g/mol. The van der Waals surface area contributed by atoms with Crippen LogP contribution in [0.4, 0.5) is 0 Å². The van der Waals surface area contributed by atoms with E-state index in [-0.39, 0.29) is 22.9 Å². The molecule has 1 fully saturated rings. The Morgan fingerprint density at radius 2 is 1.87 bits per heavy atom. The third kappa shape index (κ3) is 4.43. The number of ether oxygens (including phenoxy) is 1. The van der Waals surface area contributed by atoms with E-state index in [2.05, 4.69) is 61.2 Å². The number of piperidine rings is 1. The largest absolute Gasteiger partial charge is 0.507 e. The Bertz CT molecular complexity index is 934. The van der Waals surface area contributed by atoms with Crippen LogP contribution in [0.15, 0.2) is 30.5 Å². The van der Waals surface area contributed by atoms with Crippen LogP contribution in [0, 0.1) is 0 Å². The van der Waals surface area contributed by atoms with Gasteiger partial charge in [-0.15, -0.1) is 10.2 Å². The van der Waals surface area contributed by atoms with Gasteiger partial charge in [-0.25, -0.2) is 0 Å². The van der Waals surface area contributed by atoms with E-state index in [9.17, 15) is 5.11 Å². The van der Waals surface area contributed by atoms with Crippen molar-refractivity contribution in [2.45, 2.75) is 71.2 Å². The van der Waals surface area contributed by atoms with Gasteiger partial charge in [-0.3, -0.25) is 0 Å². The Kier molecular flexibility index (Phi) is 5.22. The van der Waals surface area contributed by atoms with Gasteiger partial charge in [0.15, 0.2) is 0 Å². The van der Waals surface area contributed by atoms with Crippen molar-refractivity contribution in [1.82, 2.24) is 20.4 Å². The van der Waals surface area contributed by atoms with Crippen LogP contribution in [0.25, 0.3) is 17.3 Å². The molecule has 2 aliphatic rings. The number of aromatic hydroxyl groups is 1. The molecule has 30 heavy (non-hydrogen) atoms. The molecule has 6 heteroatoms. The van der Waals surface area contributed by atoms with Crippen LogP contribution < -0.4 is 10.1 Å². The zero-order chi connectivity index (χ0) is 21.5. The molecule has 0 radical (unpaired) electrons. The Morgan fingerprint density at radius 3 is 2.50 bits per heavy atom. The summed E-state index contributed by atoms with van der Waals surface area (Å²) in [6, 6.07) is 7.54. The van der Waals surface area contributed by atoms with Crippen molar-refractivity contribution >= 4 is 6.08 Å². The van der Waals surface area contributed by atoms with Crippen molar-refractivity contribution in [2.75, 3.05) is 6.54 Å². The van der Waals surface area contributed by atoms with Gasteiger partial charge in [0.05, 0.1) is 5.69 Å². The van der Waals surface area contributed by atoms with Crippen molar-refractivity contribution in [3.8, 4) is 22.9 Å². The highest BCUT2D eigenvalue weighted by Crippen LogP contribution is 2.34. The fraction of sp³-hybridized carbons (Fsp3) is 0.500. The third-order valence-corrected chi connectivity index (χ3v) is 5.86. The molecule has 3 heterocycles. The van der Waals surface area contributed by atoms with Crippen LogP contribution in [0.5, 0.6) is 11.6 Å². The molecule has 0 unspecified atom stereocenters. The number of aromatic nitrogens is 2. The first-order valence-corrected chi connectivity index (χ1v) is 10.7. The molecular weight excluding hydrogens is 376 g/mol. The molecule has 1 aromatic heterocycles. The van der Waals surface area contributed by atoms with E-state index >= 15 is 0 Å². The molecule has 2 aliphatic heterocycles. The zero-order valence-corrected chi connectivity index (χ0v) is 18.6. The molecule has 6 nitrogen and oxygen atoms in total. The first-order valence-electron chi connectivity index (χ1n) is 10.7.